The van der Waals surface area contributed by atoms with E-state index in [0.29, 0.717) is 30.9 Å². The number of carbonyl (C=O) groups is 2. The third-order valence-corrected chi connectivity index (χ3v) is 6.88. The van der Waals surface area contributed by atoms with Crippen LogP contribution < -0.4 is 14.4 Å². The first-order valence-electron chi connectivity index (χ1n) is 11.9. The molecule has 0 spiro atoms. The van der Waals surface area contributed by atoms with E-state index in [9.17, 15) is 18.0 Å². The molecule has 0 radical (unpaired) electrons. The summed E-state index contributed by atoms with van der Waals surface area (Å²) in [5, 5.41) is 2.90. The van der Waals surface area contributed by atoms with Crippen LogP contribution >= 0.6 is 0 Å². The van der Waals surface area contributed by atoms with Crippen LogP contribution in [0.3, 0.4) is 0 Å². The van der Waals surface area contributed by atoms with Gasteiger partial charge in [0.1, 0.15) is 11.8 Å². The van der Waals surface area contributed by atoms with E-state index in [1.165, 1.54) is 11.4 Å². The molecule has 0 aliphatic rings. The predicted octanol–water partition coefficient (Wildman–Crippen LogP) is 3.58. The Labute approximate surface area is 209 Å². The number of nitrogens with zero attached hydrogens (tertiary/aromatic N) is 2. The fraction of sp³-hybridized carbons (Fsp3) is 0.462. The van der Waals surface area contributed by atoms with E-state index >= 15 is 0 Å². The molecule has 0 aliphatic heterocycles. The molecule has 0 aliphatic carbocycles. The number of anilines is 1. The Hall–Kier alpha value is -3.07. The summed E-state index contributed by atoms with van der Waals surface area (Å²) in [5.74, 6) is 0.145. The van der Waals surface area contributed by atoms with E-state index < -0.39 is 16.1 Å². The average molecular weight is 504 g/mol. The van der Waals surface area contributed by atoms with E-state index in [1.54, 1.807) is 36.1 Å². The normalized spacial score (nSPS) is 12.0. The number of unbranched alkanes of at least 4 members (excludes halogenated alkanes) is 1. The zero-order chi connectivity index (χ0) is 25.8. The molecule has 35 heavy (non-hydrogen) atoms. The van der Waals surface area contributed by atoms with Crippen molar-refractivity contribution in [1.82, 2.24) is 10.2 Å². The first kappa shape index (κ1) is 28.2. The topological polar surface area (TPSA) is 96.0 Å². The molecule has 2 amide bonds. The summed E-state index contributed by atoms with van der Waals surface area (Å²) in [7, 11) is -2.05. The SMILES string of the molecule is CCCCNC(=O)[C@@H](C)N(Cc1ccccc1)C(=O)CCCN(c1cccc(OC)c1)S(C)(=O)=O. The van der Waals surface area contributed by atoms with Crippen molar-refractivity contribution in [2.75, 3.05) is 30.8 Å². The van der Waals surface area contributed by atoms with Gasteiger partial charge in [-0.15, -0.1) is 0 Å². The Kier molecular flexibility index (Phi) is 11.0. The van der Waals surface area contributed by atoms with Gasteiger partial charge in [-0.05, 0) is 37.5 Å². The van der Waals surface area contributed by atoms with E-state index in [0.717, 1.165) is 24.7 Å². The van der Waals surface area contributed by atoms with E-state index in [1.807, 2.05) is 37.3 Å². The van der Waals surface area contributed by atoms with Crippen molar-refractivity contribution in [1.29, 1.82) is 0 Å². The number of ether oxygens (including phenoxy) is 1. The van der Waals surface area contributed by atoms with Crippen LogP contribution in [-0.4, -0.2) is 57.6 Å². The van der Waals surface area contributed by atoms with Gasteiger partial charge in [0.25, 0.3) is 0 Å². The molecule has 1 atom stereocenters. The van der Waals surface area contributed by atoms with Crippen LogP contribution in [0.4, 0.5) is 5.69 Å². The van der Waals surface area contributed by atoms with Crippen molar-refractivity contribution < 1.29 is 22.7 Å². The van der Waals surface area contributed by atoms with E-state index in [2.05, 4.69) is 5.32 Å². The lowest BCUT2D eigenvalue weighted by Crippen LogP contribution is -2.47. The third-order valence-electron chi connectivity index (χ3n) is 5.69. The van der Waals surface area contributed by atoms with Crippen molar-refractivity contribution >= 4 is 27.5 Å². The molecule has 0 bridgehead atoms. The fourth-order valence-corrected chi connectivity index (χ4v) is 4.63. The van der Waals surface area contributed by atoms with Gasteiger partial charge in [0.2, 0.25) is 21.8 Å². The Morgan fingerprint density at radius 2 is 1.77 bits per heavy atom. The van der Waals surface area contributed by atoms with Gasteiger partial charge in [0.15, 0.2) is 0 Å². The summed E-state index contributed by atoms with van der Waals surface area (Å²) in [6.07, 6.45) is 3.38. The van der Waals surface area contributed by atoms with Gasteiger partial charge < -0.3 is 15.0 Å². The number of sulfonamides is 1. The summed E-state index contributed by atoms with van der Waals surface area (Å²) in [6, 6.07) is 15.7. The zero-order valence-corrected chi connectivity index (χ0v) is 21.9. The third kappa shape index (κ3) is 8.90. The Balaban J connectivity index is 2.12. The molecule has 8 nitrogen and oxygen atoms in total. The molecule has 0 saturated carbocycles. The van der Waals surface area contributed by atoms with Crippen molar-refractivity contribution in [2.24, 2.45) is 0 Å². The Morgan fingerprint density at radius 1 is 1.06 bits per heavy atom. The lowest BCUT2D eigenvalue weighted by molar-refractivity contribution is -0.140. The Morgan fingerprint density at radius 3 is 2.40 bits per heavy atom. The van der Waals surface area contributed by atoms with Gasteiger partial charge in [0.05, 0.1) is 19.1 Å². The number of benzene rings is 2. The van der Waals surface area contributed by atoms with Gasteiger partial charge in [0, 0.05) is 32.1 Å². The average Bonchev–Trinajstić information content (AvgIpc) is 2.84. The summed E-state index contributed by atoms with van der Waals surface area (Å²) in [6.45, 7) is 4.77. The van der Waals surface area contributed by atoms with Gasteiger partial charge in [-0.25, -0.2) is 8.42 Å². The van der Waals surface area contributed by atoms with Crippen LogP contribution in [0.2, 0.25) is 0 Å². The molecule has 2 aromatic rings. The first-order valence-corrected chi connectivity index (χ1v) is 13.7. The molecule has 0 heterocycles. The molecular formula is C26H37N3O5S. The molecule has 0 fully saturated rings. The monoisotopic (exact) mass is 503 g/mol. The minimum atomic E-state index is -3.56. The second-order valence-electron chi connectivity index (χ2n) is 8.47. The van der Waals surface area contributed by atoms with Gasteiger partial charge in [-0.1, -0.05) is 49.7 Å². The first-order chi connectivity index (χ1) is 16.7. The smallest absolute Gasteiger partial charge is 0.242 e. The van der Waals surface area contributed by atoms with Gasteiger partial charge in [-0.3, -0.25) is 13.9 Å². The standard InChI is InChI=1S/C26H37N3O5S/c1-5-6-17-27-26(31)21(2)28(20-22-12-8-7-9-13-22)25(30)16-11-18-29(35(4,32)33)23-14-10-15-24(19-23)34-3/h7-10,12-15,19,21H,5-6,11,16-18,20H2,1-4H3,(H,27,31)/t21-/m1/s1. The minimum Gasteiger partial charge on any atom is -0.497 e. The maximum absolute atomic E-state index is 13.2. The lowest BCUT2D eigenvalue weighted by atomic mass is 10.1. The minimum absolute atomic E-state index is 0.107. The van der Waals surface area contributed by atoms with E-state index in [4.69, 9.17) is 4.74 Å². The van der Waals surface area contributed by atoms with Crippen LogP contribution in [0.1, 0.15) is 45.1 Å². The largest absolute Gasteiger partial charge is 0.497 e. The molecule has 2 rings (SSSR count). The number of hydrogen-bond donors (Lipinski definition) is 1. The number of carbonyl (C=O) groups excluding carboxylic acids is 2. The molecule has 1 N–H and O–H groups in total. The number of hydrogen-bond acceptors (Lipinski definition) is 5. The summed E-state index contributed by atoms with van der Waals surface area (Å²) in [5.41, 5.74) is 1.40. The molecule has 0 aromatic heterocycles. The highest BCUT2D eigenvalue weighted by molar-refractivity contribution is 7.92. The van der Waals surface area contributed by atoms with E-state index in [-0.39, 0.29) is 24.8 Å². The molecule has 192 valence electrons. The highest BCUT2D eigenvalue weighted by Crippen LogP contribution is 2.23. The number of nitrogens with one attached hydrogen (secondary N) is 1. The molecule has 0 saturated heterocycles. The van der Waals surface area contributed by atoms with Crippen molar-refractivity contribution in [3.63, 3.8) is 0 Å². The molecule has 9 heteroatoms. The van der Waals surface area contributed by atoms with Crippen LogP contribution in [0.5, 0.6) is 5.75 Å². The number of rotatable bonds is 14. The highest BCUT2D eigenvalue weighted by atomic mass is 32.2. The summed E-state index contributed by atoms with van der Waals surface area (Å²) in [4.78, 5) is 27.5. The summed E-state index contributed by atoms with van der Waals surface area (Å²) < 4.78 is 31.4. The fourth-order valence-electron chi connectivity index (χ4n) is 3.67. The van der Waals surface area contributed by atoms with Gasteiger partial charge in [-0.2, -0.15) is 0 Å². The molecule has 2 aromatic carbocycles. The maximum Gasteiger partial charge on any atom is 0.242 e. The Bertz CT molecular complexity index is 1060. The molecular weight excluding hydrogens is 466 g/mol. The lowest BCUT2D eigenvalue weighted by Gasteiger charge is -2.29. The second kappa shape index (κ2) is 13.7. The van der Waals surface area contributed by atoms with Crippen molar-refractivity contribution in [3.05, 3.63) is 60.2 Å². The van der Waals surface area contributed by atoms with Crippen LogP contribution in [0.15, 0.2) is 54.6 Å². The zero-order valence-electron chi connectivity index (χ0n) is 21.1. The van der Waals surface area contributed by atoms with Gasteiger partial charge >= 0.3 is 0 Å². The quantitative estimate of drug-likeness (QED) is 0.398. The van der Waals surface area contributed by atoms with Crippen molar-refractivity contribution in [3.8, 4) is 5.75 Å². The van der Waals surface area contributed by atoms with Crippen LogP contribution in [-0.2, 0) is 26.2 Å². The number of amides is 2. The van der Waals surface area contributed by atoms with Crippen molar-refractivity contribution in [2.45, 2.75) is 52.1 Å². The predicted molar refractivity (Wildman–Crippen MR) is 139 cm³/mol. The second-order valence-corrected chi connectivity index (χ2v) is 10.4. The summed E-state index contributed by atoms with van der Waals surface area (Å²) >= 11 is 0. The van der Waals surface area contributed by atoms with Crippen LogP contribution in [0.25, 0.3) is 0 Å². The maximum atomic E-state index is 13.2. The van der Waals surface area contributed by atoms with Crippen LogP contribution in [0, 0.1) is 0 Å². The molecule has 0 unspecified atom stereocenters. The number of methoxy groups -OCH3 is 1. The highest BCUT2D eigenvalue weighted by Gasteiger charge is 2.26.